The van der Waals surface area contributed by atoms with Crippen LogP contribution in [0.2, 0.25) is 0 Å². The number of benzene rings is 1. The van der Waals surface area contributed by atoms with Gasteiger partial charge in [0.15, 0.2) is 5.84 Å². The Bertz CT molecular complexity index is 387. The van der Waals surface area contributed by atoms with Crippen molar-refractivity contribution in [2.24, 2.45) is 5.16 Å². The molecule has 1 atom stereocenters. The molecule has 1 aliphatic rings. The van der Waals surface area contributed by atoms with E-state index in [4.69, 9.17) is 4.84 Å². The Balaban J connectivity index is 1.99. The van der Waals surface area contributed by atoms with Gasteiger partial charge in [-0.2, -0.15) is 0 Å². The Labute approximate surface area is 87.9 Å². The molecule has 0 saturated carbocycles. The first kappa shape index (κ1) is 9.71. The van der Waals surface area contributed by atoms with Crippen molar-refractivity contribution in [1.29, 1.82) is 0 Å². The van der Waals surface area contributed by atoms with Gasteiger partial charge in [-0.3, -0.25) is 4.79 Å². The van der Waals surface area contributed by atoms with E-state index in [0.29, 0.717) is 17.8 Å². The molecule has 1 amide bonds. The lowest BCUT2D eigenvalue weighted by Gasteiger charge is -2.02. The molecule has 4 heteroatoms. The molecule has 0 saturated heterocycles. The van der Waals surface area contributed by atoms with Gasteiger partial charge in [0.25, 0.3) is 5.91 Å². The predicted molar refractivity (Wildman–Crippen MR) is 56.5 cm³/mol. The molecule has 1 N–H and O–H groups in total. The summed E-state index contributed by atoms with van der Waals surface area (Å²) in [5, 5.41) is 6.48. The van der Waals surface area contributed by atoms with Crippen molar-refractivity contribution in [3.05, 3.63) is 35.9 Å². The van der Waals surface area contributed by atoms with Crippen molar-refractivity contribution >= 4 is 11.7 Å². The lowest BCUT2D eigenvalue weighted by atomic mass is 10.2. The molecular formula is C11H12N2O2. The number of carbonyl (C=O) groups excluding carboxylic acids is 1. The van der Waals surface area contributed by atoms with Crippen LogP contribution >= 0.6 is 0 Å². The van der Waals surface area contributed by atoms with E-state index in [0.717, 1.165) is 0 Å². The highest BCUT2D eigenvalue weighted by Gasteiger charge is 2.18. The molecule has 4 nitrogen and oxygen atoms in total. The topological polar surface area (TPSA) is 50.7 Å². The normalized spacial score (nSPS) is 19.3. The summed E-state index contributed by atoms with van der Waals surface area (Å²) in [5.74, 6) is 0.448. The average Bonchev–Trinajstić information content (AvgIpc) is 2.65. The third kappa shape index (κ3) is 2.34. The van der Waals surface area contributed by atoms with Gasteiger partial charge in [0.05, 0.1) is 0 Å². The van der Waals surface area contributed by atoms with Crippen LogP contribution in [-0.2, 0) is 4.84 Å². The summed E-state index contributed by atoms with van der Waals surface area (Å²) in [7, 11) is 0. The van der Waals surface area contributed by atoms with Crippen LogP contribution in [0.4, 0.5) is 0 Å². The highest BCUT2D eigenvalue weighted by Crippen LogP contribution is 2.08. The van der Waals surface area contributed by atoms with E-state index >= 15 is 0 Å². The summed E-state index contributed by atoms with van der Waals surface area (Å²) in [6.07, 6.45) is 0.703. The molecule has 0 bridgehead atoms. The highest BCUT2D eigenvalue weighted by atomic mass is 16.6. The van der Waals surface area contributed by atoms with Crippen molar-refractivity contribution in [2.75, 3.05) is 0 Å². The van der Waals surface area contributed by atoms with Gasteiger partial charge in [-0.1, -0.05) is 23.4 Å². The number of oxime groups is 1. The molecular weight excluding hydrogens is 192 g/mol. The maximum Gasteiger partial charge on any atom is 0.256 e. The molecule has 78 valence electrons. The average molecular weight is 204 g/mol. The van der Waals surface area contributed by atoms with E-state index in [1.54, 1.807) is 12.1 Å². The number of nitrogens with zero attached hydrogens (tertiary/aromatic N) is 1. The van der Waals surface area contributed by atoms with Crippen LogP contribution < -0.4 is 5.32 Å². The second kappa shape index (κ2) is 4.13. The summed E-state index contributed by atoms with van der Waals surface area (Å²) >= 11 is 0. The molecule has 1 aromatic carbocycles. The molecule has 0 fully saturated rings. The van der Waals surface area contributed by atoms with Crippen molar-refractivity contribution in [3.63, 3.8) is 0 Å². The first-order valence-electron chi connectivity index (χ1n) is 4.85. The van der Waals surface area contributed by atoms with Crippen molar-refractivity contribution in [1.82, 2.24) is 5.32 Å². The van der Waals surface area contributed by atoms with Crippen LogP contribution in [0.3, 0.4) is 0 Å². The Morgan fingerprint density at radius 2 is 2.20 bits per heavy atom. The Morgan fingerprint density at radius 3 is 2.80 bits per heavy atom. The molecule has 1 heterocycles. The fourth-order valence-electron chi connectivity index (χ4n) is 1.37. The molecule has 1 aliphatic heterocycles. The van der Waals surface area contributed by atoms with Gasteiger partial charge in [-0.05, 0) is 19.1 Å². The monoisotopic (exact) mass is 204 g/mol. The lowest BCUT2D eigenvalue weighted by Crippen LogP contribution is -2.29. The highest BCUT2D eigenvalue weighted by molar-refractivity contribution is 6.06. The Hall–Kier alpha value is -1.84. The SMILES string of the molecule is CC1CC(NC(=O)c2ccccc2)=NO1. The van der Waals surface area contributed by atoms with E-state index in [2.05, 4.69) is 10.5 Å². The van der Waals surface area contributed by atoms with Gasteiger partial charge in [0.1, 0.15) is 6.10 Å². The van der Waals surface area contributed by atoms with Gasteiger partial charge in [0.2, 0.25) is 0 Å². The minimum absolute atomic E-state index is 0.0519. The molecule has 1 unspecified atom stereocenters. The molecule has 0 spiro atoms. The molecule has 0 aromatic heterocycles. The zero-order valence-electron chi connectivity index (χ0n) is 8.43. The maximum absolute atomic E-state index is 11.7. The Kier molecular flexibility index (Phi) is 2.67. The van der Waals surface area contributed by atoms with Crippen molar-refractivity contribution in [3.8, 4) is 0 Å². The van der Waals surface area contributed by atoms with E-state index in [9.17, 15) is 4.79 Å². The quantitative estimate of drug-likeness (QED) is 0.754. The largest absolute Gasteiger partial charge is 0.391 e. The van der Waals surface area contributed by atoms with E-state index in [-0.39, 0.29) is 12.0 Å². The summed E-state index contributed by atoms with van der Waals surface area (Å²) in [5.41, 5.74) is 0.625. The van der Waals surface area contributed by atoms with Crippen LogP contribution in [0.5, 0.6) is 0 Å². The van der Waals surface area contributed by atoms with E-state index < -0.39 is 0 Å². The van der Waals surface area contributed by atoms with Gasteiger partial charge in [-0.25, -0.2) is 0 Å². The zero-order chi connectivity index (χ0) is 10.7. The van der Waals surface area contributed by atoms with E-state index in [1.807, 2.05) is 25.1 Å². The molecule has 15 heavy (non-hydrogen) atoms. The van der Waals surface area contributed by atoms with Gasteiger partial charge in [-0.15, -0.1) is 0 Å². The lowest BCUT2D eigenvalue weighted by molar-refractivity contribution is 0.0967. The first-order chi connectivity index (χ1) is 7.25. The Morgan fingerprint density at radius 1 is 1.47 bits per heavy atom. The molecule has 0 radical (unpaired) electrons. The van der Waals surface area contributed by atoms with Gasteiger partial charge >= 0.3 is 0 Å². The van der Waals surface area contributed by atoms with Crippen LogP contribution in [0.15, 0.2) is 35.5 Å². The van der Waals surface area contributed by atoms with Crippen molar-refractivity contribution < 1.29 is 9.63 Å². The second-order valence-corrected chi connectivity index (χ2v) is 3.48. The third-order valence-electron chi connectivity index (χ3n) is 2.12. The third-order valence-corrected chi connectivity index (χ3v) is 2.12. The maximum atomic E-state index is 11.7. The summed E-state index contributed by atoms with van der Waals surface area (Å²) in [6.45, 7) is 1.91. The van der Waals surface area contributed by atoms with Gasteiger partial charge in [0, 0.05) is 12.0 Å². The fraction of sp³-hybridized carbons (Fsp3) is 0.273. The predicted octanol–water partition coefficient (Wildman–Crippen LogP) is 1.54. The van der Waals surface area contributed by atoms with E-state index in [1.165, 1.54) is 0 Å². The minimum atomic E-state index is -0.146. The summed E-state index contributed by atoms with van der Waals surface area (Å²) in [6, 6.07) is 9.04. The first-order valence-corrected chi connectivity index (χ1v) is 4.85. The smallest absolute Gasteiger partial charge is 0.256 e. The number of amides is 1. The molecule has 0 aliphatic carbocycles. The van der Waals surface area contributed by atoms with Crippen LogP contribution in [-0.4, -0.2) is 17.8 Å². The summed E-state index contributed by atoms with van der Waals surface area (Å²) < 4.78 is 0. The minimum Gasteiger partial charge on any atom is -0.391 e. The fourth-order valence-corrected chi connectivity index (χ4v) is 1.37. The zero-order valence-corrected chi connectivity index (χ0v) is 8.43. The summed E-state index contributed by atoms with van der Waals surface area (Å²) in [4.78, 5) is 16.6. The number of carbonyl (C=O) groups is 1. The number of hydrogen-bond donors (Lipinski definition) is 1. The molecule has 1 aromatic rings. The number of hydrogen-bond acceptors (Lipinski definition) is 3. The number of rotatable bonds is 1. The van der Waals surface area contributed by atoms with Crippen LogP contribution in [0.25, 0.3) is 0 Å². The van der Waals surface area contributed by atoms with Crippen molar-refractivity contribution in [2.45, 2.75) is 19.4 Å². The van der Waals surface area contributed by atoms with Gasteiger partial charge < -0.3 is 10.2 Å². The second-order valence-electron chi connectivity index (χ2n) is 3.48. The number of amidine groups is 1. The standard InChI is InChI=1S/C11H12N2O2/c1-8-7-10(13-15-8)12-11(14)9-5-3-2-4-6-9/h2-6,8H,7H2,1H3,(H,12,13,14). The number of nitrogens with one attached hydrogen (secondary N) is 1. The van der Waals surface area contributed by atoms with Crippen LogP contribution in [0, 0.1) is 0 Å². The van der Waals surface area contributed by atoms with Crippen LogP contribution in [0.1, 0.15) is 23.7 Å². The molecule has 2 rings (SSSR count).